The van der Waals surface area contributed by atoms with Crippen molar-refractivity contribution in [1.82, 2.24) is 0 Å². The third kappa shape index (κ3) is 4.54. The van der Waals surface area contributed by atoms with Crippen LogP contribution >= 0.6 is 0 Å². The second-order valence-corrected chi connectivity index (χ2v) is 9.59. The third-order valence-electron chi connectivity index (χ3n) is 7.46. The average Bonchev–Trinajstić information content (AvgIpc) is 3.59. The number of esters is 1. The van der Waals surface area contributed by atoms with Gasteiger partial charge in [-0.25, -0.2) is 4.79 Å². The Labute approximate surface area is 217 Å². The fourth-order valence-corrected chi connectivity index (χ4v) is 5.44. The van der Waals surface area contributed by atoms with E-state index in [2.05, 4.69) is 0 Å². The summed E-state index contributed by atoms with van der Waals surface area (Å²) in [6.07, 6.45) is -4.45. The van der Waals surface area contributed by atoms with Gasteiger partial charge in [0.25, 0.3) is 0 Å². The summed E-state index contributed by atoms with van der Waals surface area (Å²) in [6.45, 7) is -1.06. The van der Waals surface area contributed by atoms with Crippen LogP contribution in [0.1, 0.15) is 5.56 Å². The van der Waals surface area contributed by atoms with Crippen molar-refractivity contribution in [2.75, 3.05) is 20.3 Å². The Kier molecular flexibility index (Phi) is 7.37. The summed E-state index contributed by atoms with van der Waals surface area (Å²) in [6, 6.07) is 4.63. The Hall–Kier alpha value is -2.75. The van der Waals surface area contributed by atoms with E-state index in [1.165, 1.54) is 31.6 Å². The summed E-state index contributed by atoms with van der Waals surface area (Å²) in [7, 11) is 1.42. The Morgan fingerprint density at radius 2 is 1.92 bits per heavy atom. The number of phenols is 1. The molecule has 4 aliphatic rings. The van der Waals surface area contributed by atoms with Crippen LogP contribution in [-0.4, -0.2) is 112 Å². The Bertz CT molecular complexity index is 1090. The molecule has 1 aliphatic carbocycles. The van der Waals surface area contributed by atoms with Crippen molar-refractivity contribution in [2.24, 2.45) is 11.8 Å². The van der Waals surface area contributed by atoms with E-state index in [-0.39, 0.29) is 5.75 Å². The van der Waals surface area contributed by atoms with Gasteiger partial charge < -0.3 is 59.1 Å². The van der Waals surface area contributed by atoms with Gasteiger partial charge in [-0.05, 0) is 29.8 Å². The predicted molar refractivity (Wildman–Crippen MR) is 124 cm³/mol. The number of phenolic OH excluding ortho intramolecular Hbond substituents is 1. The molecule has 38 heavy (non-hydrogen) atoms. The van der Waals surface area contributed by atoms with Crippen LogP contribution in [0.15, 0.2) is 36.6 Å². The fraction of sp³-hybridized carbons (Fsp3) is 0.560. The number of benzene rings is 1. The second kappa shape index (κ2) is 10.4. The van der Waals surface area contributed by atoms with Crippen LogP contribution in [0.5, 0.6) is 11.5 Å². The van der Waals surface area contributed by atoms with E-state index in [1.54, 1.807) is 18.2 Å². The summed E-state index contributed by atoms with van der Waals surface area (Å²) >= 11 is 0. The van der Waals surface area contributed by atoms with E-state index in [1.807, 2.05) is 0 Å². The van der Waals surface area contributed by atoms with Gasteiger partial charge in [-0.1, -0.05) is 6.07 Å². The lowest BCUT2D eigenvalue weighted by Crippen LogP contribution is -2.60. The van der Waals surface area contributed by atoms with Gasteiger partial charge in [0, 0.05) is 12.0 Å². The van der Waals surface area contributed by atoms with E-state index in [4.69, 9.17) is 28.4 Å². The molecule has 13 heteroatoms. The number of carbonyl (C=O) groups is 1. The highest BCUT2D eigenvalue weighted by Crippen LogP contribution is 2.60. The van der Waals surface area contributed by atoms with Crippen molar-refractivity contribution in [3.05, 3.63) is 42.2 Å². The number of hydrogen-bond donors (Lipinski definition) is 6. The first-order valence-corrected chi connectivity index (χ1v) is 12.1. The maximum Gasteiger partial charge on any atom is 0.331 e. The molecule has 6 N–H and O–H groups in total. The molecule has 0 aromatic heterocycles. The van der Waals surface area contributed by atoms with Gasteiger partial charge in [0.15, 0.2) is 17.8 Å². The third-order valence-corrected chi connectivity index (χ3v) is 7.46. The van der Waals surface area contributed by atoms with Crippen molar-refractivity contribution in [3.63, 3.8) is 0 Å². The van der Waals surface area contributed by atoms with Crippen LogP contribution in [0.2, 0.25) is 0 Å². The highest BCUT2D eigenvalue weighted by molar-refractivity contribution is 5.87. The van der Waals surface area contributed by atoms with Gasteiger partial charge in [0.05, 0.1) is 32.5 Å². The molecule has 0 spiro atoms. The number of aliphatic hydroxyl groups excluding tert-OH is 5. The molecule has 0 amide bonds. The average molecular weight is 539 g/mol. The molecule has 13 nitrogen and oxygen atoms in total. The number of methoxy groups -OCH3 is 1. The van der Waals surface area contributed by atoms with Gasteiger partial charge in [0.1, 0.15) is 42.2 Å². The number of ether oxygens (including phenoxy) is 6. The number of fused-ring (bicyclic) bond motifs is 3. The van der Waals surface area contributed by atoms with Crippen LogP contribution < -0.4 is 4.74 Å². The minimum atomic E-state index is -1.65. The Balaban J connectivity index is 1.29. The standard InChI is InChI=1S/C25H30O13/c1-33-14-4-2-11(8-13(14)28)3-5-16(29)36-21-12-6-7-34-23(17(12)25(10-27)22(21)38-25)37-24-20(32)19(31)18(30)15(9-26)35-24/h2-8,12,15,17-24,26-28,30-32H,9-10H2,1H3/t12-,15-,17?,18-,19+,20-,21+,22+,23+,24+,25-/m1/s1. The van der Waals surface area contributed by atoms with E-state index >= 15 is 0 Å². The number of epoxide rings is 1. The van der Waals surface area contributed by atoms with Crippen LogP contribution in [0.4, 0.5) is 0 Å². The summed E-state index contributed by atoms with van der Waals surface area (Å²) < 4.78 is 33.3. The minimum absolute atomic E-state index is 0.0847. The zero-order valence-corrected chi connectivity index (χ0v) is 20.3. The number of aliphatic hydroxyl groups is 5. The molecule has 3 heterocycles. The first kappa shape index (κ1) is 26.8. The molecular formula is C25H30O13. The zero-order chi connectivity index (χ0) is 27.2. The molecule has 11 atom stereocenters. The van der Waals surface area contributed by atoms with E-state index in [9.17, 15) is 35.4 Å². The topological polar surface area (TPSA) is 197 Å². The fourth-order valence-electron chi connectivity index (χ4n) is 5.44. The lowest BCUT2D eigenvalue weighted by atomic mass is 9.85. The highest BCUT2D eigenvalue weighted by Gasteiger charge is 2.77. The monoisotopic (exact) mass is 538 g/mol. The van der Waals surface area contributed by atoms with Crippen LogP contribution in [-0.2, 0) is 28.5 Å². The largest absolute Gasteiger partial charge is 0.504 e. The summed E-state index contributed by atoms with van der Waals surface area (Å²) in [4.78, 5) is 12.7. The molecule has 1 saturated carbocycles. The van der Waals surface area contributed by atoms with Crippen molar-refractivity contribution >= 4 is 12.0 Å². The molecule has 3 fully saturated rings. The number of carbonyl (C=O) groups excluding carboxylic acids is 1. The van der Waals surface area contributed by atoms with E-state index in [0.29, 0.717) is 11.3 Å². The molecule has 0 bridgehead atoms. The smallest absolute Gasteiger partial charge is 0.331 e. The molecular weight excluding hydrogens is 508 g/mol. The van der Waals surface area contributed by atoms with Crippen LogP contribution in [0, 0.1) is 11.8 Å². The second-order valence-electron chi connectivity index (χ2n) is 9.59. The molecule has 208 valence electrons. The van der Waals surface area contributed by atoms with Crippen molar-refractivity contribution in [3.8, 4) is 11.5 Å². The summed E-state index contributed by atoms with van der Waals surface area (Å²) in [5.41, 5.74) is -0.610. The molecule has 1 aromatic rings. The predicted octanol–water partition coefficient (Wildman–Crippen LogP) is -1.61. The number of rotatable bonds is 8. The molecule has 0 radical (unpaired) electrons. The van der Waals surface area contributed by atoms with E-state index < -0.39 is 85.8 Å². The van der Waals surface area contributed by atoms with Crippen LogP contribution in [0.3, 0.4) is 0 Å². The van der Waals surface area contributed by atoms with Crippen molar-refractivity contribution < 1.29 is 63.9 Å². The number of aromatic hydroxyl groups is 1. The van der Waals surface area contributed by atoms with Gasteiger partial charge >= 0.3 is 5.97 Å². The molecule has 1 unspecified atom stereocenters. The van der Waals surface area contributed by atoms with Crippen molar-refractivity contribution in [1.29, 1.82) is 0 Å². The van der Waals surface area contributed by atoms with Gasteiger partial charge in [-0.15, -0.1) is 0 Å². The van der Waals surface area contributed by atoms with Gasteiger partial charge in [-0.2, -0.15) is 0 Å². The lowest BCUT2D eigenvalue weighted by Gasteiger charge is -2.43. The number of hydrogen-bond acceptors (Lipinski definition) is 13. The SMILES string of the molecule is COc1ccc(C=CC(=O)O[C@H]2[C@@H]3C=CO[C@@H](O[C@@H]4O[C@H](CO)[C@@H](O)[C@H](O)[C@H]4O)C3[C@@]3(CO)O[C@@H]23)cc1O. The molecule has 5 rings (SSSR count). The maximum atomic E-state index is 12.7. The first-order chi connectivity index (χ1) is 18.2. The minimum Gasteiger partial charge on any atom is -0.504 e. The van der Waals surface area contributed by atoms with Gasteiger partial charge in [-0.3, -0.25) is 0 Å². The zero-order valence-electron chi connectivity index (χ0n) is 20.3. The van der Waals surface area contributed by atoms with Crippen LogP contribution in [0.25, 0.3) is 6.08 Å². The molecule has 2 saturated heterocycles. The first-order valence-electron chi connectivity index (χ1n) is 12.1. The maximum absolute atomic E-state index is 12.7. The molecule has 1 aromatic carbocycles. The normalized spacial score (nSPS) is 41.3. The van der Waals surface area contributed by atoms with E-state index in [0.717, 1.165) is 0 Å². The quantitative estimate of drug-likeness (QED) is 0.126. The summed E-state index contributed by atoms with van der Waals surface area (Å²) in [5, 5.41) is 60.0. The van der Waals surface area contributed by atoms with Gasteiger partial charge in [0.2, 0.25) is 6.29 Å². The summed E-state index contributed by atoms with van der Waals surface area (Å²) in [5.74, 6) is -1.65. The Morgan fingerprint density at radius 3 is 2.61 bits per heavy atom. The lowest BCUT2D eigenvalue weighted by molar-refractivity contribution is -0.344. The molecule has 3 aliphatic heterocycles. The van der Waals surface area contributed by atoms with Crippen molar-refractivity contribution in [2.45, 2.75) is 54.8 Å². The Morgan fingerprint density at radius 1 is 1.13 bits per heavy atom. The highest BCUT2D eigenvalue weighted by atomic mass is 16.8.